The number of nitrogens with zero attached hydrogens (tertiary/aromatic N) is 1. The Hall–Kier alpha value is -0.620. The van der Waals surface area contributed by atoms with Crippen LogP contribution in [-0.2, 0) is 29.1 Å². The topological polar surface area (TPSA) is 49.4 Å². The molecule has 0 bridgehead atoms. The summed E-state index contributed by atoms with van der Waals surface area (Å²) in [6, 6.07) is 7.15. The summed E-state index contributed by atoms with van der Waals surface area (Å²) in [5.41, 5.74) is 4.36. The van der Waals surface area contributed by atoms with Gasteiger partial charge in [-0.15, -0.1) is 12.4 Å². The van der Waals surface area contributed by atoms with Crippen LogP contribution in [0.5, 0.6) is 0 Å². The van der Waals surface area contributed by atoms with Crippen molar-refractivity contribution in [3.05, 3.63) is 34.9 Å². The van der Waals surface area contributed by atoms with Crippen LogP contribution in [0.4, 0.5) is 0 Å². The van der Waals surface area contributed by atoms with Gasteiger partial charge in [0.15, 0.2) is 9.84 Å². The van der Waals surface area contributed by atoms with Crippen molar-refractivity contribution in [3.8, 4) is 0 Å². The zero-order valence-electron chi connectivity index (χ0n) is 17.6. The largest absolute Gasteiger partial charge is 0.317 e. The molecule has 1 aliphatic heterocycles. The Labute approximate surface area is 177 Å². The first-order chi connectivity index (χ1) is 12.9. The summed E-state index contributed by atoms with van der Waals surface area (Å²) in [4.78, 5) is 2.24. The molecular weight excluding hydrogens is 392 g/mol. The zero-order chi connectivity index (χ0) is 19.4. The molecule has 1 fully saturated rings. The van der Waals surface area contributed by atoms with E-state index >= 15 is 0 Å². The highest BCUT2D eigenvalue weighted by atomic mass is 35.5. The van der Waals surface area contributed by atoms with Crippen LogP contribution in [0.15, 0.2) is 18.2 Å². The number of aryl methyl sites for hydroxylation is 2. The van der Waals surface area contributed by atoms with Crippen LogP contribution in [0, 0.1) is 5.92 Å². The SMILES string of the molecule is CCN(C(C)Cc1ccc2c(c1)CCCC2)C(C1CCNCC1)S(C)(=O)=O.Cl. The Morgan fingerprint density at radius 1 is 1.14 bits per heavy atom. The van der Waals surface area contributed by atoms with Crippen LogP contribution in [-0.4, -0.2) is 50.6 Å². The Morgan fingerprint density at radius 3 is 2.39 bits per heavy atom. The van der Waals surface area contributed by atoms with Crippen LogP contribution < -0.4 is 5.32 Å². The minimum Gasteiger partial charge on any atom is -0.317 e. The normalized spacial score (nSPS) is 20.3. The highest BCUT2D eigenvalue weighted by molar-refractivity contribution is 7.91. The molecule has 0 radical (unpaired) electrons. The molecule has 28 heavy (non-hydrogen) atoms. The third-order valence-electron chi connectivity index (χ3n) is 6.43. The van der Waals surface area contributed by atoms with Crippen molar-refractivity contribution in [1.29, 1.82) is 0 Å². The van der Waals surface area contributed by atoms with E-state index < -0.39 is 9.84 Å². The minimum atomic E-state index is -3.13. The van der Waals surface area contributed by atoms with Gasteiger partial charge in [-0.05, 0) is 94.1 Å². The molecule has 2 aliphatic rings. The molecule has 1 heterocycles. The predicted octanol–water partition coefficient (Wildman–Crippen LogP) is 3.61. The van der Waals surface area contributed by atoms with E-state index in [4.69, 9.17) is 0 Å². The molecule has 1 aromatic carbocycles. The lowest BCUT2D eigenvalue weighted by Gasteiger charge is -2.40. The first-order valence-corrected chi connectivity index (χ1v) is 12.6. The van der Waals surface area contributed by atoms with Crippen molar-refractivity contribution < 1.29 is 8.42 Å². The van der Waals surface area contributed by atoms with E-state index in [-0.39, 0.29) is 29.7 Å². The van der Waals surface area contributed by atoms with Crippen LogP contribution in [0.25, 0.3) is 0 Å². The van der Waals surface area contributed by atoms with Gasteiger partial charge in [0.2, 0.25) is 0 Å². The Morgan fingerprint density at radius 2 is 1.79 bits per heavy atom. The Kier molecular flexibility index (Phi) is 8.80. The molecule has 160 valence electrons. The third kappa shape index (κ3) is 5.71. The van der Waals surface area contributed by atoms with E-state index in [1.165, 1.54) is 48.6 Å². The number of hydrogen-bond acceptors (Lipinski definition) is 4. The van der Waals surface area contributed by atoms with E-state index in [0.717, 1.165) is 38.9 Å². The molecule has 1 N–H and O–H groups in total. The van der Waals surface area contributed by atoms with Gasteiger partial charge in [0.05, 0.1) is 0 Å². The lowest BCUT2D eigenvalue weighted by Crippen LogP contribution is -2.52. The lowest BCUT2D eigenvalue weighted by molar-refractivity contribution is 0.138. The van der Waals surface area contributed by atoms with Gasteiger partial charge in [0.1, 0.15) is 5.37 Å². The number of likely N-dealkylation sites (N-methyl/N-ethyl adjacent to an activating group) is 1. The summed E-state index contributed by atoms with van der Waals surface area (Å²) in [7, 11) is -3.13. The van der Waals surface area contributed by atoms with Crippen molar-refractivity contribution >= 4 is 22.2 Å². The summed E-state index contributed by atoms with van der Waals surface area (Å²) in [5.74, 6) is 0.229. The van der Waals surface area contributed by atoms with Crippen LogP contribution in [0.3, 0.4) is 0 Å². The van der Waals surface area contributed by atoms with Gasteiger partial charge in [-0.2, -0.15) is 0 Å². The molecule has 1 aromatic rings. The van der Waals surface area contributed by atoms with E-state index in [2.05, 4.69) is 42.3 Å². The molecule has 0 spiro atoms. The summed E-state index contributed by atoms with van der Waals surface area (Å²) >= 11 is 0. The Bertz CT molecular complexity index is 732. The molecule has 2 atom stereocenters. The second-order valence-corrected chi connectivity index (χ2v) is 10.6. The fourth-order valence-corrected chi connectivity index (χ4v) is 6.93. The van der Waals surface area contributed by atoms with Crippen molar-refractivity contribution in [2.24, 2.45) is 5.92 Å². The molecule has 2 unspecified atom stereocenters. The highest BCUT2D eigenvalue weighted by Gasteiger charge is 2.37. The molecule has 1 aliphatic carbocycles. The molecule has 3 rings (SSSR count). The molecule has 0 saturated carbocycles. The monoisotopic (exact) mass is 428 g/mol. The fraction of sp³-hybridized carbons (Fsp3) is 0.727. The smallest absolute Gasteiger partial charge is 0.163 e. The van der Waals surface area contributed by atoms with Gasteiger partial charge in [-0.25, -0.2) is 8.42 Å². The molecule has 1 saturated heterocycles. The van der Waals surface area contributed by atoms with Crippen molar-refractivity contribution in [3.63, 3.8) is 0 Å². The maximum Gasteiger partial charge on any atom is 0.163 e. The molecular formula is C22H37ClN2O2S. The number of rotatable bonds is 7. The number of fused-ring (bicyclic) bond motifs is 1. The highest BCUT2D eigenvalue weighted by Crippen LogP contribution is 2.28. The van der Waals surface area contributed by atoms with Gasteiger partial charge in [-0.1, -0.05) is 25.1 Å². The van der Waals surface area contributed by atoms with E-state index in [1.54, 1.807) is 0 Å². The number of nitrogens with one attached hydrogen (secondary N) is 1. The first kappa shape index (κ1) is 23.7. The fourth-order valence-electron chi connectivity index (χ4n) is 5.11. The van der Waals surface area contributed by atoms with Gasteiger partial charge < -0.3 is 5.32 Å². The predicted molar refractivity (Wildman–Crippen MR) is 120 cm³/mol. The maximum absolute atomic E-state index is 12.7. The van der Waals surface area contributed by atoms with Crippen molar-refractivity contribution in [1.82, 2.24) is 10.2 Å². The Balaban J connectivity index is 0.00000280. The summed E-state index contributed by atoms with van der Waals surface area (Å²) < 4.78 is 25.4. The van der Waals surface area contributed by atoms with Gasteiger partial charge in [0.25, 0.3) is 0 Å². The number of sulfone groups is 1. The minimum absolute atomic E-state index is 0. The summed E-state index contributed by atoms with van der Waals surface area (Å²) in [5, 5.41) is 3.00. The number of hydrogen-bond donors (Lipinski definition) is 1. The van der Waals surface area contributed by atoms with Gasteiger partial charge in [-0.3, -0.25) is 4.90 Å². The average molecular weight is 429 g/mol. The van der Waals surface area contributed by atoms with E-state index in [0.29, 0.717) is 0 Å². The molecule has 0 amide bonds. The maximum atomic E-state index is 12.7. The second-order valence-electron chi connectivity index (χ2n) is 8.50. The standard InChI is InChI=1S/C22H36N2O2S.ClH/c1-4-24(22(27(3,25)26)20-11-13-23-14-12-20)17(2)15-18-9-10-19-7-5-6-8-21(19)16-18;/h9-10,16-17,20,22-23H,4-8,11-15H2,1-3H3;1H. The summed E-state index contributed by atoms with van der Waals surface area (Å²) in [6.45, 7) is 6.92. The zero-order valence-corrected chi connectivity index (χ0v) is 19.2. The quantitative estimate of drug-likeness (QED) is 0.720. The molecule has 4 nitrogen and oxygen atoms in total. The van der Waals surface area contributed by atoms with Crippen LogP contribution in [0.1, 0.15) is 56.2 Å². The van der Waals surface area contributed by atoms with E-state index in [1.807, 2.05) is 0 Å². The van der Waals surface area contributed by atoms with Crippen molar-refractivity contribution in [2.75, 3.05) is 25.9 Å². The number of benzene rings is 1. The lowest BCUT2D eigenvalue weighted by atomic mass is 9.89. The average Bonchev–Trinajstić information content (AvgIpc) is 2.65. The molecule has 0 aromatic heterocycles. The first-order valence-electron chi connectivity index (χ1n) is 10.7. The number of halogens is 1. The molecule has 6 heteroatoms. The van der Waals surface area contributed by atoms with Crippen LogP contribution in [0.2, 0.25) is 0 Å². The van der Waals surface area contributed by atoms with Crippen molar-refractivity contribution in [2.45, 2.75) is 70.2 Å². The van der Waals surface area contributed by atoms with Gasteiger partial charge in [0, 0.05) is 12.3 Å². The summed E-state index contributed by atoms with van der Waals surface area (Å²) in [6.07, 6.45) is 9.22. The van der Waals surface area contributed by atoms with E-state index in [9.17, 15) is 8.42 Å². The third-order valence-corrected chi connectivity index (χ3v) is 7.96. The second kappa shape index (κ2) is 10.4. The van der Waals surface area contributed by atoms with Gasteiger partial charge >= 0.3 is 0 Å². The van der Waals surface area contributed by atoms with Crippen LogP contribution >= 0.6 is 12.4 Å². The number of piperidine rings is 1.